The molecule has 3 aliphatic heterocycles. The first-order valence-electron chi connectivity index (χ1n) is 9.74. The minimum absolute atomic E-state index is 0.0244. The smallest absolute Gasteiger partial charge is 0.341 e. The summed E-state index contributed by atoms with van der Waals surface area (Å²) in [7, 11) is 0. The van der Waals surface area contributed by atoms with Gasteiger partial charge >= 0.3 is 5.97 Å². The Balaban J connectivity index is 1.86. The van der Waals surface area contributed by atoms with E-state index in [1.54, 1.807) is 20.8 Å². The zero-order chi connectivity index (χ0) is 19.7. The van der Waals surface area contributed by atoms with E-state index >= 15 is 0 Å². The number of allylic oxidation sites excluding steroid dienone is 1. The standard InChI is InChI=1S/C20H26O7/c1-8-5-9(2)14(22)12-16(24)26-19-7-17(3,25)18(4)15(23)11(19)6-10(13(8)21)20(12,19)27-18/h8-11,15,22-23,25H,5-7H2,1-4H3/b14-12-/t8-,9+,10-,11-,15+,17-,18+,19+,20+/m1/s1. The summed E-state index contributed by atoms with van der Waals surface area (Å²) in [5.74, 6) is -2.75. The van der Waals surface area contributed by atoms with Crippen molar-refractivity contribution < 1.29 is 34.4 Å². The molecule has 3 heterocycles. The van der Waals surface area contributed by atoms with Gasteiger partial charge in [-0.05, 0) is 26.7 Å². The fourth-order valence-corrected chi connectivity index (χ4v) is 6.83. The van der Waals surface area contributed by atoms with Crippen LogP contribution >= 0.6 is 0 Å². The molecule has 6 aliphatic rings. The normalized spacial score (nSPS) is 61.5. The highest BCUT2D eigenvalue weighted by Gasteiger charge is 2.89. The van der Waals surface area contributed by atoms with Crippen LogP contribution in [0.2, 0.25) is 0 Å². The van der Waals surface area contributed by atoms with Gasteiger partial charge in [0.05, 0.1) is 17.6 Å². The molecule has 0 amide bonds. The van der Waals surface area contributed by atoms with Crippen LogP contribution in [0.5, 0.6) is 0 Å². The number of fused-ring (bicyclic) bond motifs is 1. The van der Waals surface area contributed by atoms with Crippen LogP contribution in [0.25, 0.3) is 0 Å². The van der Waals surface area contributed by atoms with Crippen molar-refractivity contribution in [3.63, 3.8) is 0 Å². The van der Waals surface area contributed by atoms with Crippen LogP contribution in [0.3, 0.4) is 0 Å². The Kier molecular flexibility index (Phi) is 2.99. The third-order valence-corrected chi connectivity index (χ3v) is 8.31. The Morgan fingerprint density at radius 3 is 2.44 bits per heavy atom. The summed E-state index contributed by atoms with van der Waals surface area (Å²) in [6.07, 6.45) is -0.278. The highest BCUT2D eigenvalue weighted by Crippen LogP contribution is 2.73. The second-order valence-electron chi connectivity index (χ2n) is 9.71. The molecule has 0 aromatic carbocycles. The minimum atomic E-state index is -1.45. The summed E-state index contributed by atoms with van der Waals surface area (Å²) in [6, 6.07) is 0. The van der Waals surface area contributed by atoms with Gasteiger partial charge in [0.25, 0.3) is 0 Å². The Morgan fingerprint density at radius 2 is 1.78 bits per heavy atom. The predicted molar refractivity (Wildman–Crippen MR) is 91.5 cm³/mol. The van der Waals surface area contributed by atoms with Crippen molar-refractivity contribution in [3.8, 4) is 0 Å². The second kappa shape index (κ2) is 4.58. The highest BCUT2D eigenvalue weighted by molar-refractivity contribution is 6.00. The maximum atomic E-state index is 13.3. The lowest BCUT2D eigenvalue weighted by Crippen LogP contribution is -2.81. The number of carbonyl (C=O) groups is 2. The van der Waals surface area contributed by atoms with Crippen molar-refractivity contribution in [1.29, 1.82) is 0 Å². The number of ether oxygens (including phenoxy) is 2. The summed E-state index contributed by atoms with van der Waals surface area (Å²) >= 11 is 0. The van der Waals surface area contributed by atoms with Crippen LogP contribution in [0.15, 0.2) is 11.3 Å². The minimum Gasteiger partial charge on any atom is -0.511 e. The summed E-state index contributed by atoms with van der Waals surface area (Å²) in [5.41, 5.74) is -5.59. The van der Waals surface area contributed by atoms with E-state index in [-0.39, 0.29) is 29.5 Å². The largest absolute Gasteiger partial charge is 0.511 e. The Morgan fingerprint density at radius 1 is 1.11 bits per heavy atom. The maximum Gasteiger partial charge on any atom is 0.341 e. The number of hydrogen-bond acceptors (Lipinski definition) is 7. The van der Waals surface area contributed by atoms with Crippen LogP contribution < -0.4 is 0 Å². The monoisotopic (exact) mass is 378 g/mol. The van der Waals surface area contributed by atoms with E-state index in [0.29, 0.717) is 12.8 Å². The molecule has 3 saturated heterocycles. The zero-order valence-corrected chi connectivity index (χ0v) is 16.0. The lowest BCUT2D eigenvalue weighted by molar-refractivity contribution is -0.379. The maximum absolute atomic E-state index is 13.3. The van der Waals surface area contributed by atoms with Crippen molar-refractivity contribution in [3.05, 3.63) is 11.3 Å². The summed E-state index contributed by atoms with van der Waals surface area (Å²) in [6.45, 7) is 6.79. The zero-order valence-electron chi connectivity index (χ0n) is 16.0. The first-order valence-corrected chi connectivity index (χ1v) is 9.74. The number of Topliss-reactive ketones (excluding diaryl/α,β-unsaturated/α-hetero) is 1. The van der Waals surface area contributed by atoms with Gasteiger partial charge in [-0.3, -0.25) is 4.79 Å². The van der Waals surface area contributed by atoms with Gasteiger partial charge in [0.1, 0.15) is 22.7 Å². The molecule has 6 rings (SSSR count). The second-order valence-corrected chi connectivity index (χ2v) is 9.71. The van der Waals surface area contributed by atoms with Crippen LogP contribution in [0.4, 0.5) is 0 Å². The van der Waals surface area contributed by atoms with E-state index in [1.165, 1.54) is 0 Å². The van der Waals surface area contributed by atoms with E-state index in [2.05, 4.69) is 0 Å². The molecule has 0 radical (unpaired) electrons. The third-order valence-electron chi connectivity index (χ3n) is 8.31. The first-order chi connectivity index (χ1) is 12.4. The molecule has 4 bridgehead atoms. The Hall–Kier alpha value is -1.44. The van der Waals surface area contributed by atoms with Gasteiger partial charge in [-0.1, -0.05) is 13.8 Å². The number of aliphatic hydroxyl groups is 3. The van der Waals surface area contributed by atoms with Gasteiger partial charge in [-0.15, -0.1) is 0 Å². The SMILES string of the molecule is C[C@@H]1C[C@H](C)/C(O)=C2\C(=O)O[C@]34C[C@@](C)(O)[C@@]5(C)O[C@@]23[C@H](C[C@@H]4[C@@H]5O)C1=O. The molecule has 0 aromatic rings. The molecule has 0 unspecified atom stereocenters. The average molecular weight is 378 g/mol. The van der Waals surface area contributed by atoms with Crippen molar-refractivity contribution in [2.24, 2.45) is 23.7 Å². The molecule has 5 fully saturated rings. The molecule has 7 heteroatoms. The van der Waals surface area contributed by atoms with E-state index in [9.17, 15) is 24.9 Å². The van der Waals surface area contributed by atoms with Gasteiger partial charge in [0.15, 0.2) is 11.2 Å². The number of ketones is 1. The van der Waals surface area contributed by atoms with E-state index in [0.717, 1.165) is 0 Å². The number of carbonyl (C=O) groups excluding carboxylic acids is 2. The average Bonchev–Trinajstić information content (AvgIpc) is 2.90. The van der Waals surface area contributed by atoms with Crippen LogP contribution in [-0.4, -0.2) is 55.6 Å². The van der Waals surface area contributed by atoms with E-state index in [1.807, 2.05) is 6.92 Å². The van der Waals surface area contributed by atoms with Crippen molar-refractivity contribution in [1.82, 2.24) is 0 Å². The number of aliphatic hydroxyl groups excluding tert-OH is 2. The van der Waals surface area contributed by atoms with E-state index < -0.39 is 52.2 Å². The quantitative estimate of drug-likeness (QED) is 0.539. The van der Waals surface area contributed by atoms with Crippen molar-refractivity contribution in [2.75, 3.05) is 0 Å². The fraction of sp³-hybridized carbons (Fsp3) is 0.800. The summed E-state index contributed by atoms with van der Waals surface area (Å²) < 4.78 is 12.3. The van der Waals surface area contributed by atoms with Crippen LogP contribution in [0.1, 0.15) is 47.0 Å². The van der Waals surface area contributed by atoms with Crippen molar-refractivity contribution in [2.45, 2.75) is 75.5 Å². The molecule has 148 valence electrons. The Labute approximate surface area is 157 Å². The molecule has 3 aliphatic carbocycles. The number of hydrogen-bond donors (Lipinski definition) is 3. The fourth-order valence-electron chi connectivity index (χ4n) is 6.83. The molecule has 2 spiro atoms. The first kappa shape index (κ1) is 17.6. The molecule has 3 N–H and O–H groups in total. The lowest BCUT2D eigenvalue weighted by atomic mass is 9.54. The summed E-state index contributed by atoms with van der Waals surface area (Å²) in [4.78, 5) is 26.3. The highest BCUT2D eigenvalue weighted by atomic mass is 16.6. The number of rotatable bonds is 0. The molecule has 7 nitrogen and oxygen atoms in total. The molecule has 27 heavy (non-hydrogen) atoms. The van der Waals surface area contributed by atoms with Gasteiger partial charge in [0.2, 0.25) is 0 Å². The van der Waals surface area contributed by atoms with E-state index in [4.69, 9.17) is 9.47 Å². The van der Waals surface area contributed by atoms with Gasteiger partial charge in [-0.25, -0.2) is 4.79 Å². The third kappa shape index (κ3) is 1.56. The van der Waals surface area contributed by atoms with Gasteiger partial charge < -0.3 is 24.8 Å². The molecule has 9 atom stereocenters. The molecular formula is C20H26O7. The molecule has 2 saturated carbocycles. The summed E-state index contributed by atoms with van der Waals surface area (Å²) in [5, 5.41) is 33.1. The number of esters is 1. The van der Waals surface area contributed by atoms with Crippen molar-refractivity contribution >= 4 is 11.8 Å². The Bertz CT molecular complexity index is 815. The van der Waals surface area contributed by atoms with Crippen LogP contribution in [-0.2, 0) is 19.1 Å². The molecule has 0 aromatic heterocycles. The van der Waals surface area contributed by atoms with Gasteiger partial charge in [0, 0.05) is 24.2 Å². The predicted octanol–water partition coefficient (Wildman–Crippen LogP) is 1.02. The topological polar surface area (TPSA) is 113 Å². The van der Waals surface area contributed by atoms with Gasteiger partial charge in [-0.2, -0.15) is 0 Å². The lowest BCUT2D eigenvalue weighted by Gasteiger charge is -2.65. The molecular weight excluding hydrogens is 352 g/mol. The van der Waals surface area contributed by atoms with Crippen LogP contribution in [0, 0.1) is 23.7 Å².